The molecule has 19 heavy (non-hydrogen) atoms. The Bertz CT molecular complexity index is 318. The van der Waals surface area contributed by atoms with Gasteiger partial charge < -0.3 is 10.6 Å². The van der Waals surface area contributed by atoms with Gasteiger partial charge in [0, 0.05) is 38.8 Å². The van der Waals surface area contributed by atoms with Crippen molar-refractivity contribution in [3.8, 4) is 0 Å². The summed E-state index contributed by atoms with van der Waals surface area (Å²) in [5.41, 5.74) is 0. The van der Waals surface area contributed by atoms with Crippen LogP contribution in [-0.2, 0) is 0 Å². The van der Waals surface area contributed by atoms with Crippen LogP contribution < -0.4 is 10.6 Å². The fraction of sp³-hybridized carbons (Fsp3) is 0.933. The van der Waals surface area contributed by atoms with Crippen LogP contribution in [0.1, 0.15) is 44.9 Å². The summed E-state index contributed by atoms with van der Waals surface area (Å²) in [7, 11) is 1.88. The molecule has 0 aromatic heterocycles. The molecule has 3 rings (SSSR count). The maximum absolute atomic E-state index is 4.35. The Morgan fingerprint density at radius 1 is 1.16 bits per heavy atom. The van der Waals surface area contributed by atoms with Crippen LogP contribution in [0.3, 0.4) is 0 Å². The smallest absolute Gasteiger partial charge is 0.191 e. The first-order valence-corrected chi connectivity index (χ1v) is 8.06. The summed E-state index contributed by atoms with van der Waals surface area (Å²) in [5.74, 6) is 1.90. The summed E-state index contributed by atoms with van der Waals surface area (Å²) in [5, 5.41) is 7.06. The molecule has 3 fully saturated rings. The van der Waals surface area contributed by atoms with Crippen LogP contribution in [-0.4, -0.2) is 49.6 Å². The van der Waals surface area contributed by atoms with E-state index in [1.165, 1.54) is 58.0 Å². The highest BCUT2D eigenvalue weighted by molar-refractivity contribution is 5.80. The number of hydrogen-bond acceptors (Lipinski definition) is 2. The van der Waals surface area contributed by atoms with Crippen molar-refractivity contribution in [2.75, 3.05) is 26.7 Å². The lowest BCUT2D eigenvalue weighted by molar-refractivity contribution is 0.242. The molecule has 0 amide bonds. The summed E-state index contributed by atoms with van der Waals surface area (Å²) in [6.45, 7) is 3.56. The van der Waals surface area contributed by atoms with E-state index in [1.54, 1.807) is 0 Å². The van der Waals surface area contributed by atoms with Crippen LogP contribution in [0.5, 0.6) is 0 Å². The second-order valence-electron chi connectivity index (χ2n) is 6.46. The SMILES string of the molecule is CN=C(NCC1CC1)NC1CCN(C2CCCC2)C1. The number of likely N-dealkylation sites (tertiary alicyclic amines) is 1. The van der Waals surface area contributed by atoms with Crippen LogP contribution in [0.4, 0.5) is 0 Å². The van der Waals surface area contributed by atoms with Crippen molar-refractivity contribution >= 4 is 5.96 Å². The Labute approximate surface area is 117 Å². The standard InChI is InChI=1S/C15H28N4/c1-16-15(17-10-12-6-7-12)18-13-8-9-19(11-13)14-4-2-3-5-14/h12-14H,2-11H2,1H3,(H2,16,17,18). The fourth-order valence-electron chi connectivity index (χ4n) is 3.46. The van der Waals surface area contributed by atoms with Gasteiger partial charge in [0.05, 0.1) is 0 Å². The van der Waals surface area contributed by atoms with Gasteiger partial charge in [0.1, 0.15) is 0 Å². The Balaban J connectivity index is 1.41. The molecule has 108 valence electrons. The van der Waals surface area contributed by atoms with Crippen molar-refractivity contribution in [2.45, 2.75) is 57.0 Å². The predicted molar refractivity (Wildman–Crippen MR) is 79.5 cm³/mol. The molecule has 1 aliphatic heterocycles. The molecular formula is C15H28N4. The molecule has 2 N–H and O–H groups in total. The van der Waals surface area contributed by atoms with Crippen LogP contribution in [0.15, 0.2) is 4.99 Å². The van der Waals surface area contributed by atoms with Crippen LogP contribution in [0.2, 0.25) is 0 Å². The van der Waals surface area contributed by atoms with Gasteiger partial charge in [-0.1, -0.05) is 12.8 Å². The molecule has 0 spiro atoms. The largest absolute Gasteiger partial charge is 0.356 e. The molecule has 1 heterocycles. The fourth-order valence-corrected chi connectivity index (χ4v) is 3.46. The Morgan fingerprint density at radius 2 is 1.95 bits per heavy atom. The molecule has 0 aromatic carbocycles. The summed E-state index contributed by atoms with van der Waals surface area (Å²) in [4.78, 5) is 7.04. The summed E-state index contributed by atoms with van der Waals surface area (Å²) in [6.07, 6.45) is 9.75. The van der Waals surface area contributed by atoms with E-state index in [-0.39, 0.29) is 0 Å². The van der Waals surface area contributed by atoms with E-state index in [2.05, 4.69) is 20.5 Å². The van der Waals surface area contributed by atoms with Gasteiger partial charge >= 0.3 is 0 Å². The third kappa shape index (κ3) is 3.62. The zero-order valence-corrected chi connectivity index (χ0v) is 12.2. The van der Waals surface area contributed by atoms with Gasteiger partial charge in [-0.15, -0.1) is 0 Å². The number of aliphatic imine (C=N–C) groups is 1. The molecule has 1 saturated heterocycles. The average Bonchev–Trinajstić information content (AvgIpc) is 2.93. The van der Waals surface area contributed by atoms with E-state index in [0.29, 0.717) is 6.04 Å². The Morgan fingerprint density at radius 3 is 2.63 bits per heavy atom. The molecule has 4 nitrogen and oxygen atoms in total. The third-order valence-electron chi connectivity index (χ3n) is 4.88. The second-order valence-corrected chi connectivity index (χ2v) is 6.46. The Kier molecular flexibility index (Phi) is 4.26. The highest BCUT2D eigenvalue weighted by Crippen LogP contribution is 2.28. The zero-order chi connectivity index (χ0) is 13.1. The first-order chi connectivity index (χ1) is 9.35. The lowest BCUT2D eigenvalue weighted by atomic mass is 10.2. The highest BCUT2D eigenvalue weighted by Gasteiger charge is 2.30. The van der Waals surface area contributed by atoms with Gasteiger partial charge in [0.15, 0.2) is 5.96 Å². The van der Waals surface area contributed by atoms with E-state index in [0.717, 1.165) is 24.5 Å². The van der Waals surface area contributed by atoms with Crippen LogP contribution in [0, 0.1) is 5.92 Å². The van der Waals surface area contributed by atoms with Gasteiger partial charge in [0.2, 0.25) is 0 Å². The maximum atomic E-state index is 4.35. The highest BCUT2D eigenvalue weighted by atomic mass is 15.3. The quantitative estimate of drug-likeness (QED) is 0.598. The predicted octanol–water partition coefficient (Wildman–Crippen LogP) is 1.58. The van der Waals surface area contributed by atoms with Crippen molar-refractivity contribution in [2.24, 2.45) is 10.9 Å². The average molecular weight is 264 g/mol. The first kappa shape index (κ1) is 13.2. The minimum absolute atomic E-state index is 0.589. The van der Waals surface area contributed by atoms with Crippen LogP contribution in [0.25, 0.3) is 0 Å². The molecule has 0 bridgehead atoms. The van der Waals surface area contributed by atoms with Crippen molar-refractivity contribution in [3.05, 3.63) is 0 Å². The lowest BCUT2D eigenvalue weighted by Gasteiger charge is -2.24. The summed E-state index contributed by atoms with van der Waals surface area (Å²) in [6, 6.07) is 1.46. The minimum Gasteiger partial charge on any atom is -0.356 e. The maximum Gasteiger partial charge on any atom is 0.191 e. The number of nitrogens with one attached hydrogen (secondary N) is 2. The molecule has 1 atom stereocenters. The van der Waals surface area contributed by atoms with Gasteiger partial charge in [-0.2, -0.15) is 0 Å². The molecular weight excluding hydrogens is 236 g/mol. The van der Waals surface area contributed by atoms with Gasteiger partial charge in [-0.05, 0) is 38.0 Å². The van der Waals surface area contributed by atoms with Gasteiger partial charge in [-0.25, -0.2) is 0 Å². The molecule has 0 radical (unpaired) electrons. The third-order valence-corrected chi connectivity index (χ3v) is 4.88. The number of guanidine groups is 1. The molecule has 2 saturated carbocycles. The zero-order valence-electron chi connectivity index (χ0n) is 12.2. The Hall–Kier alpha value is -0.770. The lowest BCUT2D eigenvalue weighted by Crippen LogP contribution is -2.45. The van der Waals surface area contributed by atoms with Crippen molar-refractivity contribution < 1.29 is 0 Å². The number of hydrogen-bond donors (Lipinski definition) is 2. The van der Waals surface area contributed by atoms with E-state index < -0.39 is 0 Å². The normalized spacial score (nSPS) is 29.9. The van der Waals surface area contributed by atoms with Crippen LogP contribution >= 0.6 is 0 Å². The molecule has 1 unspecified atom stereocenters. The molecule has 0 aromatic rings. The number of nitrogens with zero attached hydrogens (tertiary/aromatic N) is 2. The molecule has 3 aliphatic rings. The summed E-state index contributed by atoms with van der Waals surface area (Å²) < 4.78 is 0. The topological polar surface area (TPSA) is 39.7 Å². The molecule has 4 heteroatoms. The van der Waals surface area contributed by atoms with Crippen molar-refractivity contribution in [3.63, 3.8) is 0 Å². The van der Waals surface area contributed by atoms with Gasteiger partial charge in [-0.3, -0.25) is 9.89 Å². The van der Waals surface area contributed by atoms with Crippen molar-refractivity contribution in [1.29, 1.82) is 0 Å². The minimum atomic E-state index is 0.589. The van der Waals surface area contributed by atoms with E-state index in [4.69, 9.17) is 0 Å². The van der Waals surface area contributed by atoms with Crippen molar-refractivity contribution in [1.82, 2.24) is 15.5 Å². The first-order valence-electron chi connectivity index (χ1n) is 8.06. The number of rotatable bonds is 4. The van der Waals surface area contributed by atoms with E-state index in [9.17, 15) is 0 Å². The summed E-state index contributed by atoms with van der Waals surface area (Å²) >= 11 is 0. The molecule has 2 aliphatic carbocycles. The van der Waals surface area contributed by atoms with E-state index in [1.807, 2.05) is 7.05 Å². The second kappa shape index (κ2) is 6.12. The monoisotopic (exact) mass is 264 g/mol. The van der Waals surface area contributed by atoms with E-state index >= 15 is 0 Å². The van der Waals surface area contributed by atoms with Gasteiger partial charge in [0.25, 0.3) is 0 Å².